The van der Waals surface area contributed by atoms with Crippen LogP contribution in [-0.4, -0.2) is 29.0 Å². The van der Waals surface area contributed by atoms with E-state index in [0.29, 0.717) is 17.2 Å². The number of thiophene rings is 1. The van der Waals surface area contributed by atoms with Crippen LogP contribution in [-0.2, 0) is 30.0 Å². The lowest BCUT2D eigenvalue weighted by molar-refractivity contribution is 0.405. The highest BCUT2D eigenvalue weighted by atomic mass is 79.9. The zero-order chi connectivity index (χ0) is 17.9. The third-order valence-corrected chi connectivity index (χ3v) is 7.68. The van der Waals surface area contributed by atoms with Crippen LogP contribution < -0.4 is 0 Å². The second kappa shape index (κ2) is 7.82. The van der Waals surface area contributed by atoms with Gasteiger partial charge in [-0.15, -0.1) is 11.3 Å². The van der Waals surface area contributed by atoms with Gasteiger partial charge < -0.3 is 0 Å². The van der Waals surface area contributed by atoms with Gasteiger partial charge in [-0.3, -0.25) is 4.68 Å². The van der Waals surface area contributed by atoms with Crippen molar-refractivity contribution in [3.63, 3.8) is 0 Å². The summed E-state index contributed by atoms with van der Waals surface area (Å²) in [7, 11) is -1.74. The molecule has 0 N–H and O–H groups in total. The second-order valence-electron chi connectivity index (χ2n) is 5.61. The summed E-state index contributed by atoms with van der Waals surface area (Å²) in [5.41, 5.74) is 1.84. The van der Waals surface area contributed by atoms with Crippen molar-refractivity contribution in [2.45, 2.75) is 17.2 Å². The zero-order valence-electron chi connectivity index (χ0n) is 13.7. The number of sulfonamides is 1. The lowest BCUT2D eigenvalue weighted by atomic mass is 10.1. The first-order valence-electron chi connectivity index (χ1n) is 7.73. The highest BCUT2D eigenvalue weighted by molar-refractivity contribution is 9.11. The summed E-state index contributed by atoms with van der Waals surface area (Å²) < 4.78 is 30.4. The fraction of sp³-hybridized carbons (Fsp3) is 0.235. The molecule has 132 valence electrons. The highest BCUT2D eigenvalue weighted by Gasteiger charge is 2.26. The minimum Gasteiger partial charge on any atom is -0.276 e. The Hall–Kier alpha value is -1.48. The Kier molecular flexibility index (Phi) is 5.73. The molecule has 8 heteroatoms. The van der Waals surface area contributed by atoms with Crippen LogP contribution >= 0.6 is 27.3 Å². The topological polar surface area (TPSA) is 55.2 Å². The van der Waals surface area contributed by atoms with Gasteiger partial charge in [0, 0.05) is 19.8 Å². The fourth-order valence-electron chi connectivity index (χ4n) is 2.47. The maximum Gasteiger partial charge on any atom is 0.252 e. The number of hydrogen-bond donors (Lipinski definition) is 0. The molecule has 2 aromatic heterocycles. The normalized spacial score (nSPS) is 12.0. The largest absolute Gasteiger partial charge is 0.276 e. The Morgan fingerprint density at radius 2 is 1.92 bits per heavy atom. The molecular weight excluding hydrogens is 422 g/mol. The lowest BCUT2D eigenvalue weighted by Gasteiger charge is -2.20. The molecule has 0 bridgehead atoms. The van der Waals surface area contributed by atoms with Crippen molar-refractivity contribution < 1.29 is 8.42 Å². The van der Waals surface area contributed by atoms with E-state index in [1.807, 2.05) is 49.6 Å². The molecule has 0 radical (unpaired) electrons. The van der Waals surface area contributed by atoms with E-state index in [9.17, 15) is 8.42 Å². The molecule has 3 aromatic rings. The molecule has 3 rings (SSSR count). The summed E-state index contributed by atoms with van der Waals surface area (Å²) in [5.74, 6) is 0. The number of aryl methyl sites for hydroxylation is 1. The first-order chi connectivity index (χ1) is 11.9. The smallest absolute Gasteiger partial charge is 0.252 e. The molecule has 0 saturated carbocycles. The molecule has 0 atom stereocenters. The number of hydrogen-bond acceptors (Lipinski definition) is 4. The van der Waals surface area contributed by atoms with E-state index in [1.54, 1.807) is 16.8 Å². The minimum atomic E-state index is -3.57. The van der Waals surface area contributed by atoms with Gasteiger partial charge in [-0.25, -0.2) is 8.42 Å². The molecule has 0 aliphatic carbocycles. The number of halogens is 1. The molecule has 5 nitrogen and oxygen atoms in total. The average Bonchev–Trinajstić information content (AvgIpc) is 3.21. The fourth-order valence-corrected chi connectivity index (χ4v) is 6.05. The molecule has 0 aliphatic heterocycles. The first-order valence-corrected chi connectivity index (χ1v) is 10.8. The average molecular weight is 440 g/mol. The predicted octanol–water partition coefficient (Wildman–Crippen LogP) is 3.68. The molecule has 1 aromatic carbocycles. The maximum absolute atomic E-state index is 13.1. The van der Waals surface area contributed by atoms with E-state index < -0.39 is 10.0 Å². The highest BCUT2D eigenvalue weighted by Crippen LogP contribution is 2.29. The van der Waals surface area contributed by atoms with Gasteiger partial charge in [-0.2, -0.15) is 9.40 Å². The molecule has 0 spiro atoms. The van der Waals surface area contributed by atoms with Crippen LogP contribution in [0, 0.1) is 0 Å². The van der Waals surface area contributed by atoms with Gasteiger partial charge >= 0.3 is 0 Å². The molecule has 0 unspecified atom stereocenters. The van der Waals surface area contributed by atoms with Gasteiger partial charge in [0.15, 0.2) is 0 Å². The maximum atomic E-state index is 13.1. The van der Waals surface area contributed by atoms with Gasteiger partial charge in [0.1, 0.15) is 4.21 Å². The van der Waals surface area contributed by atoms with Crippen molar-refractivity contribution in [1.29, 1.82) is 0 Å². The van der Waals surface area contributed by atoms with Crippen LogP contribution in [0.3, 0.4) is 0 Å². The summed E-state index contributed by atoms with van der Waals surface area (Å²) in [4.78, 5) is 0. The number of nitrogens with zero attached hydrogens (tertiary/aromatic N) is 3. The van der Waals surface area contributed by atoms with Crippen molar-refractivity contribution in [3.8, 4) is 0 Å². The van der Waals surface area contributed by atoms with Crippen molar-refractivity contribution in [2.75, 3.05) is 6.54 Å². The standard InChI is InChI=1S/C17H18BrN3O2S2/c1-20-11-10-15(19-20)13-21(12-9-14-5-3-2-4-6-14)25(22,23)17-8-7-16(18)24-17/h2-8,10-11H,9,12-13H2,1H3. The summed E-state index contributed by atoms with van der Waals surface area (Å²) in [6.07, 6.45) is 2.47. The van der Waals surface area contributed by atoms with Crippen molar-refractivity contribution in [3.05, 3.63) is 69.8 Å². The molecule has 0 saturated heterocycles. The lowest BCUT2D eigenvalue weighted by Crippen LogP contribution is -2.32. The summed E-state index contributed by atoms with van der Waals surface area (Å²) >= 11 is 4.56. The monoisotopic (exact) mass is 439 g/mol. The second-order valence-corrected chi connectivity index (χ2v) is 10.2. The van der Waals surface area contributed by atoms with Gasteiger partial charge in [0.25, 0.3) is 10.0 Å². The van der Waals surface area contributed by atoms with Gasteiger partial charge in [-0.05, 0) is 46.1 Å². The van der Waals surface area contributed by atoms with Gasteiger partial charge in [0.05, 0.1) is 16.0 Å². The van der Waals surface area contributed by atoms with Crippen LogP contribution in [0.1, 0.15) is 11.3 Å². The summed E-state index contributed by atoms with van der Waals surface area (Å²) in [6, 6.07) is 15.1. The molecule has 0 amide bonds. The van der Waals surface area contributed by atoms with E-state index in [2.05, 4.69) is 21.0 Å². The van der Waals surface area contributed by atoms with Crippen molar-refractivity contribution in [2.24, 2.45) is 7.05 Å². The van der Waals surface area contributed by atoms with Crippen LogP contribution in [0.5, 0.6) is 0 Å². The quantitative estimate of drug-likeness (QED) is 0.563. The van der Waals surface area contributed by atoms with E-state index in [-0.39, 0.29) is 6.54 Å². The Labute approximate surface area is 160 Å². The summed E-state index contributed by atoms with van der Waals surface area (Å²) in [6.45, 7) is 0.657. The van der Waals surface area contributed by atoms with Gasteiger partial charge in [0.2, 0.25) is 0 Å². The molecule has 0 aliphatic rings. The van der Waals surface area contributed by atoms with E-state index in [1.165, 1.54) is 15.6 Å². The van der Waals surface area contributed by atoms with Crippen LogP contribution in [0.2, 0.25) is 0 Å². The Morgan fingerprint density at radius 3 is 2.52 bits per heavy atom. The van der Waals surface area contributed by atoms with Crippen molar-refractivity contribution in [1.82, 2.24) is 14.1 Å². The zero-order valence-corrected chi connectivity index (χ0v) is 16.9. The third-order valence-electron chi connectivity index (χ3n) is 3.74. The Morgan fingerprint density at radius 1 is 1.16 bits per heavy atom. The predicted molar refractivity (Wildman–Crippen MR) is 103 cm³/mol. The van der Waals surface area contributed by atoms with Crippen LogP contribution in [0.4, 0.5) is 0 Å². The molecule has 2 heterocycles. The number of aromatic nitrogens is 2. The van der Waals surface area contributed by atoms with E-state index >= 15 is 0 Å². The molecule has 0 fully saturated rings. The summed E-state index contributed by atoms with van der Waals surface area (Å²) in [5, 5.41) is 4.32. The minimum absolute atomic E-state index is 0.255. The third kappa shape index (κ3) is 4.58. The van der Waals surface area contributed by atoms with E-state index in [4.69, 9.17) is 0 Å². The van der Waals surface area contributed by atoms with Crippen LogP contribution in [0.15, 0.2) is 62.7 Å². The Balaban J connectivity index is 1.85. The van der Waals surface area contributed by atoms with E-state index in [0.717, 1.165) is 15.0 Å². The Bertz CT molecular complexity index is 936. The SMILES string of the molecule is Cn1ccc(CN(CCc2ccccc2)S(=O)(=O)c2ccc(Br)s2)n1. The number of rotatable bonds is 7. The first kappa shape index (κ1) is 18.3. The van der Waals surface area contributed by atoms with Crippen LogP contribution in [0.25, 0.3) is 0 Å². The molecular formula is C17H18BrN3O2S2. The number of benzene rings is 1. The van der Waals surface area contributed by atoms with Gasteiger partial charge in [-0.1, -0.05) is 30.3 Å². The van der Waals surface area contributed by atoms with Crippen molar-refractivity contribution >= 4 is 37.3 Å². The molecule has 25 heavy (non-hydrogen) atoms.